The average molecular weight is 559 g/mol. The summed E-state index contributed by atoms with van der Waals surface area (Å²) in [6.07, 6.45) is 1.11. The number of nitrogens with zero attached hydrogens (tertiary/aromatic N) is 4. The molecular formula is C24H23FIN5O2. The predicted molar refractivity (Wildman–Crippen MR) is 134 cm³/mol. The van der Waals surface area contributed by atoms with Crippen LogP contribution in [0.3, 0.4) is 0 Å². The van der Waals surface area contributed by atoms with Crippen LogP contribution in [0, 0.1) is 9.52 Å². The lowest BCUT2D eigenvalue weighted by molar-refractivity contribution is 0.0852. The van der Waals surface area contributed by atoms with Gasteiger partial charge in [0.25, 0.3) is 11.9 Å². The Kier molecular flexibility index (Phi) is 7.29. The summed E-state index contributed by atoms with van der Waals surface area (Å²) in [5.41, 5.74) is 3.24. The van der Waals surface area contributed by atoms with Gasteiger partial charge in [0.05, 0.1) is 28.3 Å². The van der Waals surface area contributed by atoms with E-state index in [1.807, 2.05) is 49.1 Å². The number of nitrogens with one attached hydrogen (secondary N) is 1. The number of aromatic nitrogens is 3. The van der Waals surface area contributed by atoms with Gasteiger partial charge in [-0.2, -0.15) is 4.39 Å². The van der Waals surface area contributed by atoms with Gasteiger partial charge < -0.3 is 10.1 Å². The van der Waals surface area contributed by atoms with Gasteiger partial charge in [-0.3, -0.25) is 9.69 Å². The summed E-state index contributed by atoms with van der Waals surface area (Å²) in [4.78, 5) is 28.1. The largest absolute Gasteiger partial charge is 0.487 e. The minimum atomic E-state index is -0.638. The van der Waals surface area contributed by atoms with Crippen molar-refractivity contribution in [2.45, 2.75) is 20.0 Å². The number of hydrogen-bond donors (Lipinski definition) is 1. The molecule has 33 heavy (non-hydrogen) atoms. The Hall–Kier alpha value is -2.92. The van der Waals surface area contributed by atoms with Crippen LogP contribution in [-0.4, -0.2) is 51.6 Å². The number of pyridine rings is 1. The third-order valence-corrected chi connectivity index (χ3v) is 6.00. The number of carbonyl (C=O) groups excluding carboxylic acids is 1. The maximum Gasteiger partial charge on any atom is 0.255 e. The maximum absolute atomic E-state index is 13.6. The molecule has 2 aromatic heterocycles. The summed E-state index contributed by atoms with van der Waals surface area (Å²) in [5.74, 6) is -0.757. The van der Waals surface area contributed by atoms with Crippen LogP contribution in [0.4, 0.5) is 4.39 Å². The number of halogens is 2. The highest BCUT2D eigenvalue weighted by molar-refractivity contribution is 14.1. The van der Waals surface area contributed by atoms with E-state index in [1.54, 1.807) is 12.1 Å². The van der Waals surface area contributed by atoms with Crippen molar-refractivity contribution in [3.8, 4) is 5.75 Å². The normalized spacial score (nSPS) is 12.3. The molecule has 0 aliphatic rings. The summed E-state index contributed by atoms with van der Waals surface area (Å²) >= 11 is 2.24. The molecule has 170 valence electrons. The Morgan fingerprint density at radius 1 is 1.15 bits per heavy atom. The topological polar surface area (TPSA) is 80.2 Å². The van der Waals surface area contributed by atoms with E-state index in [0.717, 1.165) is 14.6 Å². The van der Waals surface area contributed by atoms with Gasteiger partial charge in [0.2, 0.25) is 0 Å². The van der Waals surface area contributed by atoms with Gasteiger partial charge in [-0.1, -0.05) is 13.0 Å². The first-order valence-corrected chi connectivity index (χ1v) is 11.7. The highest BCUT2D eigenvalue weighted by Crippen LogP contribution is 2.21. The zero-order chi connectivity index (χ0) is 23.4. The third kappa shape index (κ3) is 5.36. The van der Waals surface area contributed by atoms with Crippen molar-refractivity contribution in [1.29, 1.82) is 0 Å². The first-order chi connectivity index (χ1) is 16.0. The van der Waals surface area contributed by atoms with Gasteiger partial charge in [-0.15, -0.1) is 0 Å². The second-order valence-corrected chi connectivity index (χ2v) is 8.69. The molecule has 0 saturated heterocycles. The van der Waals surface area contributed by atoms with Crippen LogP contribution < -0.4 is 10.1 Å². The fourth-order valence-corrected chi connectivity index (χ4v) is 4.06. The first kappa shape index (κ1) is 23.2. The van der Waals surface area contributed by atoms with E-state index in [4.69, 9.17) is 9.72 Å². The van der Waals surface area contributed by atoms with Gasteiger partial charge in [0, 0.05) is 16.3 Å². The molecule has 0 saturated carbocycles. The molecule has 0 aliphatic heterocycles. The number of benzene rings is 2. The molecule has 7 nitrogen and oxygen atoms in total. The summed E-state index contributed by atoms with van der Waals surface area (Å²) in [5, 5.41) is 3.03. The average Bonchev–Trinajstić information content (AvgIpc) is 2.81. The third-order valence-electron chi connectivity index (χ3n) is 5.32. The molecule has 1 atom stereocenters. The molecule has 1 amide bonds. The van der Waals surface area contributed by atoms with Crippen molar-refractivity contribution in [2.24, 2.45) is 0 Å². The van der Waals surface area contributed by atoms with Crippen LogP contribution in [0.15, 0.2) is 54.7 Å². The number of hydrogen-bond acceptors (Lipinski definition) is 6. The van der Waals surface area contributed by atoms with Crippen molar-refractivity contribution in [3.05, 3.63) is 69.8 Å². The number of ether oxygens (including phenoxy) is 1. The van der Waals surface area contributed by atoms with Gasteiger partial charge >= 0.3 is 0 Å². The summed E-state index contributed by atoms with van der Waals surface area (Å²) < 4.78 is 20.2. The highest BCUT2D eigenvalue weighted by Gasteiger charge is 2.19. The first-order valence-electron chi connectivity index (χ1n) is 10.6. The zero-order valence-electron chi connectivity index (χ0n) is 18.3. The summed E-state index contributed by atoms with van der Waals surface area (Å²) in [7, 11) is 0. The number of likely N-dealkylation sites (N-methyl/N-ethyl adjacent to an activating group) is 1. The van der Waals surface area contributed by atoms with Crippen LogP contribution in [0.25, 0.3) is 22.1 Å². The van der Waals surface area contributed by atoms with E-state index in [0.29, 0.717) is 29.7 Å². The molecule has 0 bridgehead atoms. The SMILES string of the molecule is CCN(CCOc1cccnc1F)C(C)NC(=O)c1cccc2nc3cc(I)ccc3nc12. The van der Waals surface area contributed by atoms with E-state index in [-0.39, 0.29) is 24.4 Å². The van der Waals surface area contributed by atoms with E-state index in [9.17, 15) is 9.18 Å². The van der Waals surface area contributed by atoms with Crippen molar-refractivity contribution in [3.63, 3.8) is 0 Å². The molecule has 0 radical (unpaired) electrons. The molecule has 2 heterocycles. The van der Waals surface area contributed by atoms with Gasteiger partial charge in [-0.25, -0.2) is 15.0 Å². The van der Waals surface area contributed by atoms with E-state index >= 15 is 0 Å². The minimum Gasteiger partial charge on any atom is -0.487 e. The predicted octanol–water partition coefficient (Wildman–Crippen LogP) is 4.40. The monoisotopic (exact) mass is 559 g/mol. The smallest absolute Gasteiger partial charge is 0.255 e. The molecule has 1 unspecified atom stereocenters. The van der Waals surface area contributed by atoms with Crippen molar-refractivity contribution >= 4 is 50.6 Å². The number of carbonyl (C=O) groups is 1. The van der Waals surface area contributed by atoms with Crippen LogP contribution in [-0.2, 0) is 0 Å². The molecule has 9 heteroatoms. The number of amides is 1. The van der Waals surface area contributed by atoms with Gasteiger partial charge in [-0.05, 0) is 78.5 Å². The molecule has 4 aromatic rings. The molecule has 0 aliphatic carbocycles. The fourth-order valence-electron chi connectivity index (χ4n) is 3.59. The Morgan fingerprint density at radius 2 is 2.00 bits per heavy atom. The van der Waals surface area contributed by atoms with Crippen LogP contribution in [0.1, 0.15) is 24.2 Å². The molecular weight excluding hydrogens is 536 g/mol. The number of fused-ring (bicyclic) bond motifs is 2. The Labute approximate surface area is 204 Å². The van der Waals surface area contributed by atoms with Crippen LogP contribution >= 0.6 is 22.6 Å². The molecule has 0 spiro atoms. The Morgan fingerprint density at radius 3 is 2.79 bits per heavy atom. The van der Waals surface area contributed by atoms with Crippen molar-refractivity contribution in [2.75, 3.05) is 19.7 Å². The van der Waals surface area contributed by atoms with Gasteiger partial charge in [0.15, 0.2) is 5.75 Å². The zero-order valence-corrected chi connectivity index (χ0v) is 20.4. The Bertz CT molecular complexity index is 1300. The lowest BCUT2D eigenvalue weighted by Gasteiger charge is -2.28. The lowest BCUT2D eigenvalue weighted by atomic mass is 10.1. The maximum atomic E-state index is 13.6. The minimum absolute atomic E-state index is 0.112. The van der Waals surface area contributed by atoms with E-state index in [2.05, 4.69) is 37.9 Å². The lowest BCUT2D eigenvalue weighted by Crippen LogP contribution is -2.47. The van der Waals surface area contributed by atoms with E-state index in [1.165, 1.54) is 12.3 Å². The quantitative estimate of drug-likeness (QED) is 0.149. The van der Waals surface area contributed by atoms with Crippen LogP contribution in [0.2, 0.25) is 0 Å². The summed E-state index contributed by atoms with van der Waals surface area (Å²) in [6.45, 7) is 5.34. The van der Waals surface area contributed by atoms with Gasteiger partial charge in [0.1, 0.15) is 12.1 Å². The molecule has 2 aromatic carbocycles. The van der Waals surface area contributed by atoms with Crippen molar-refractivity contribution < 1.29 is 13.9 Å². The highest BCUT2D eigenvalue weighted by atomic mass is 127. The number of para-hydroxylation sites is 1. The number of rotatable bonds is 8. The Balaban J connectivity index is 1.47. The molecule has 1 N–H and O–H groups in total. The fraction of sp³-hybridized carbons (Fsp3) is 0.250. The van der Waals surface area contributed by atoms with E-state index < -0.39 is 5.95 Å². The van der Waals surface area contributed by atoms with Crippen LogP contribution in [0.5, 0.6) is 5.75 Å². The summed E-state index contributed by atoms with van der Waals surface area (Å²) in [6, 6.07) is 14.4. The standard InChI is InChI=1S/C24H23FIN5O2/c1-3-31(12-13-33-21-8-5-11-27-23(21)25)15(2)28-24(32)17-6-4-7-19-22(17)30-18-10-9-16(26)14-20(18)29-19/h4-11,14-15H,3,12-13H2,1-2H3,(H,28,32). The second kappa shape index (κ2) is 10.3. The molecule has 4 rings (SSSR count). The van der Waals surface area contributed by atoms with Crippen molar-refractivity contribution in [1.82, 2.24) is 25.2 Å². The molecule has 0 fully saturated rings. The second-order valence-electron chi connectivity index (χ2n) is 7.45.